The summed E-state index contributed by atoms with van der Waals surface area (Å²) in [6.07, 6.45) is 8.08. The quantitative estimate of drug-likeness (QED) is 0.527. The molecule has 1 aromatic heterocycles. The van der Waals surface area contributed by atoms with E-state index in [1.54, 1.807) is 6.07 Å². The summed E-state index contributed by atoms with van der Waals surface area (Å²) in [5.74, 6) is -1.38. The summed E-state index contributed by atoms with van der Waals surface area (Å²) >= 11 is 0. The Morgan fingerprint density at radius 3 is 2.61 bits per heavy atom. The number of pyridine rings is 1. The Morgan fingerprint density at radius 1 is 1.11 bits per heavy atom. The lowest BCUT2D eigenvalue weighted by Crippen LogP contribution is -2.57. The van der Waals surface area contributed by atoms with Gasteiger partial charge in [-0.2, -0.15) is 8.42 Å². The van der Waals surface area contributed by atoms with Gasteiger partial charge >= 0.3 is 0 Å². The molecule has 0 bridgehead atoms. The molecular formula is C25H36N4O6S. The predicted octanol–water partition coefficient (Wildman–Crippen LogP) is 1.55. The fourth-order valence-corrected chi connectivity index (χ4v) is 6.95. The van der Waals surface area contributed by atoms with Crippen molar-refractivity contribution in [3.05, 3.63) is 24.4 Å². The second-order valence-corrected chi connectivity index (χ2v) is 11.7. The molecule has 0 aromatic carbocycles. The zero-order valence-corrected chi connectivity index (χ0v) is 21.4. The van der Waals surface area contributed by atoms with Gasteiger partial charge in [0.05, 0.1) is 6.54 Å². The Morgan fingerprint density at radius 2 is 1.92 bits per heavy atom. The number of rotatable bonds is 8. The van der Waals surface area contributed by atoms with Gasteiger partial charge in [-0.15, -0.1) is 0 Å². The van der Waals surface area contributed by atoms with Gasteiger partial charge in [0.25, 0.3) is 15.9 Å². The first kappa shape index (κ1) is 26.7. The number of carbonyl (C=O) groups is 3. The molecule has 3 atom stereocenters. The maximum atomic E-state index is 14.1. The highest BCUT2D eigenvalue weighted by Gasteiger charge is 2.44. The molecule has 1 aliphatic carbocycles. The summed E-state index contributed by atoms with van der Waals surface area (Å²) in [5, 5.41) is 5.50. The Kier molecular flexibility index (Phi) is 9.08. The van der Waals surface area contributed by atoms with Crippen LogP contribution < -0.4 is 10.6 Å². The van der Waals surface area contributed by atoms with Gasteiger partial charge in [0.15, 0.2) is 10.8 Å². The summed E-state index contributed by atoms with van der Waals surface area (Å²) in [6.45, 7) is 1.000. The number of nitrogens with zero attached hydrogens (tertiary/aromatic N) is 2. The van der Waals surface area contributed by atoms with Crippen LogP contribution in [-0.4, -0.2) is 73.2 Å². The lowest BCUT2D eigenvalue weighted by Gasteiger charge is -2.34. The number of ether oxygens (including phenoxy) is 1. The van der Waals surface area contributed by atoms with E-state index in [9.17, 15) is 22.8 Å². The van der Waals surface area contributed by atoms with Crippen LogP contribution in [0.5, 0.6) is 0 Å². The van der Waals surface area contributed by atoms with Crippen LogP contribution in [0, 0.1) is 5.92 Å². The summed E-state index contributed by atoms with van der Waals surface area (Å²) in [6, 6.07) is 2.19. The fourth-order valence-electron chi connectivity index (χ4n) is 5.38. The lowest BCUT2D eigenvalue weighted by molar-refractivity contribution is -0.139. The zero-order chi connectivity index (χ0) is 25.5. The lowest BCUT2D eigenvalue weighted by atomic mass is 9.84. The smallest absolute Gasteiger partial charge is 0.284 e. The minimum Gasteiger partial charge on any atom is -0.368 e. The minimum absolute atomic E-state index is 0.0260. The van der Waals surface area contributed by atoms with Crippen molar-refractivity contribution in [2.24, 2.45) is 5.92 Å². The number of ketones is 1. The van der Waals surface area contributed by atoms with Crippen LogP contribution in [0.3, 0.4) is 0 Å². The van der Waals surface area contributed by atoms with E-state index in [-0.39, 0.29) is 29.7 Å². The molecule has 198 valence electrons. The first-order valence-corrected chi connectivity index (χ1v) is 14.5. The number of hydrogen-bond acceptors (Lipinski definition) is 8. The second kappa shape index (κ2) is 12.2. The molecule has 3 heterocycles. The molecule has 2 N–H and O–H groups in total. The van der Waals surface area contributed by atoms with Crippen molar-refractivity contribution in [3.8, 4) is 0 Å². The number of aromatic nitrogens is 1. The minimum atomic E-state index is -4.45. The molecule has 2 saturated heterocycles. The number of sulfonamides is 1. The average Bonchev–Trinajstić information content (AvgIpc) is 3.35. The van der Waals surface area contributed by atoms with Gasteiger partial charge in [0, 0.05) is 12.8 Å². The molecule has 0 spiro atoms. The molecule has 36 heavy (non-hydrogen) atoms. The summed E-state index contributed by atoms with van der Waals surface area (Å²) < 4.78 is 33.8. The van der Waals surface area contributed by atoms with Gasteiger partial charge < -0.3 is 15.4 Å². The Bertz CT molecular complexity index is 1020. The maximum Gasteiger partial charge on any atom is 0.284 e. The predicted molar refractivity (Wildman–Crippen MR) is 131 cm³/mol. The molecule has 4 rings (SSSR count). The highest BCUT2D eigenvalue weighted by atomic mass is 32.2. The number of amides is 2. The van der Waals surface area contributed by atoms with Gasteiger partial charge in [-0.05, 0) is 56.7 Å². The zero-order valence-electron chi connectivity index (χ0n) is 20.6. The third kappa shape index (κ3) is 6.30. The third-order valence-corrected chi connectivity index (χ3v) is 9.02. The van der Waals surface area contributed by atoms with Crippen LogP contribution in [0.4, 0.5) is 0 Å². The van der Waals surface area contributed by atoms with Gasteiger partial charge in [0.1, 0.15) is 18.2 Å². The normalized spacial score (nSPS) is 24.6. The van der Waals surface area contributed by atoms with Crippen LogP contribution in [0.1, 0.15) is 64.2 Å². The molecule has 2 aliphatic heterocycles. The first-order chi connectivity index (χ1) is 17.4. The van der Waals surface area contributed by atoms with Gasteiger partial charge in [-0.3, -0.25) is 14.4 Å². The third-order valence-electron chi connectivity index (χ3n) is 7.29. The molecule has 3 fully saturated rings. The van der Waals surface area contributed by atoms with E-state index in [1.807, 2.05) is 0 Å². The second-order valence-electron chi connectivity index (χ2n) is 9.91. The van der Waals surface area contributed by atoms with Crippen LogP contribution in [-0.2, 0) is 29.1 Å². The van der Waals surface area contributed by atoms with Crippen molar-refractivity contribution in [2.75, 3.05) is 19.7 Å². The van der Waals surface area contributed by atoms with E-state index in [0.717, 1.165) is 38.5 Å². The standard InChI is InChI=1S/C25H36N4O6S/c30-21-17-26-13-6-10-20(21)29(36(33,34)23-12-4-5-14-27-23)25(32)19(16-18-8-2-1-3-9-18)28-24(31)22-11-7-15-35-22/h4-5,12,14,18-20,22,26H,1-3,6-11,13,15-17H2,(H,28,31)/t19?,20-,22-/m0/s1. The van der Waals surface area contributed by atoms with Crippen LogP contribution in [0.15, 0.2) is 29.4 Å². The van der Waals surface area contributed by atoms with Crippen molar-refractivity contribution in [3.63, 3.8) is 0 Å². The highest BCUT2D eigenvalue weighted by molar-refractivity contribution is 7.89. The summed E-state index contributed by atoms with van der Waals surface area (Å²) in [7, 11) is -4.45. The van der Waals surface area contributed by atoms with E-state index in [1.165, 1.54) is 18.3 Å². The van der Waals surface area contributed by atoms with Gasteiger partial charge in [0.2, 0.25) is 5.91 Å². The van der Waals surface area contributed by atoms with E-state index in [2.05, 4.69) is 15.6 Å². The highest BCUT2D eigenvalue weighted by Crippen LogP contribution is 2.30. The molecule has 1 unspecified atom stereocenters. The Hall–Kier alpha value is -2.37. The number of hydrogen-bond donors (Lipinski definition) is 2. The molecule has 10 nitrogen and oxygen atoms in total. The molecular weight excluding hydrogens is 484 g/mol. The van der Waals surface area contributed by atoms with Gasteiger partial charge in [-0.25, -0.2) is 9.29 Å². The van der Waals surface area contributed by atoms with Gasteiger partial charge in [-0.1, -0.05) is 38.2 Å². The number of carbonyl (C=O) groups excluding carboxylic acids is 3. The van der Waals surface area contributed by atoms with E-state index >= 15 is 0 Å². The Balaban J connectivity index is 1.69. The summed E-state index contributed by atoms with van der Waals surface area (Å²) in [5.41, 5.74) is 0. The van der Waals surface area contributed by atoms with Crippen LogP contribution >= 0.6 is 0 Å². The van der Waals surface area contributed by atoms with Crippen LogP contribution in [0.2, 0.25) is 0 Å². The first-order valence-electron chi connectivity index (χ1n) is 13.0. The van der Waals surface area contributed by atoms with Crippen LogP contribution in [0.25, 0.3) is 0 Å². The molecule has 1 saturated carbocycles. The van der Waals surface area contributed by atoms with E-state index in [0.29, 0.717) is 36.7 Å². The molecule has 0 radical (unpaired) electrons. The molecule has 1 aromatic rings. The fraction of sp³-hybridized carbons (Fsp3) is 0.680. The van der Waals surface area contributed by atoms with Crippen molar-refractivity contribution in [2.45, 2.75) is 87.4 Å². The molecule has 11 heteroatoms. The van der Waals surface area contributed by atoms with E-state index in [4.69, 9.17) is 4.74 Å². The largest absolute Gasteiger partial charge is 0.368 e. The summed E-state index contributed by atoms with van der Waals surface area (Å²) in [4.78, 5) is 44.1. The average molecular weight is 521 g/mol. The number of nitrogens with one attached hydrogen (secondary N) is 2. The SMILES string of the molecule is O=C(NC(CC1CCCCC1)C(=O)N([C@H]1CCCNCC1=O)S(=O)(=O)c1ccccn1)[C@@H]1CCCO1. The van der Waals surface area contributed by atoms with Crippen molar-refractivity contribution >= 4 is 27.6 Å². The topological polar surface area (TPSA) is 135 Å². The molecule has 3 aliphatic rings. The van der Waals surface area contributed by atoms with Crippen molar-refractivity contribution < 1.29 is 27.5 Å². The monoisotopic (exact) mass is 520 g/mol. The maximum absolute atomic E-state index is 14.1. The van der Waals surface area contributed by atoms with Crippen molar-refractivity contribution in [1.29, 1.82) is 0 Å². The number of Topliss-reactive ketones (excluding diaryl/α,β-unsaturated/α-hetero) is 1. The molecule has 2 amide bonds. The van der Waals surface area contributed by atoms with Crippen molar-refractivity contribution in [1.82, 2.24) is 19.9 Å². The Labute approximate surface area is 212 Å². The van der Waals surface area contributed by atoms with E-state index < -0.39 is 40.0 Å².